The summed E-state index contributed by atoms with van der Waals surface area (Å²) in [5, 5.41) is 14.8. The summed E-state index contributed by atoms with van der Waals surface area (Å²) in [6.07, 6.45) is 4.20. The average molecular weight is 234 g/mol. The lowest BCUT2D eigenvalue weighted by molar-refractivity contribution is 0.998. The molecule has 0 saturated carbocycles. The Morgan fingerprint density at radius 1 is 1.57 bits per heavy atom. The van der Waals surface area contributed by atoms with E-state index in [0.717, 1.165) is 35.8 Å². The topological polar surface area (TPSA) is 47.7 Å². The molecule has 0 unspecified atom stereocenters. The van der Waals surface area contributed by atoms with Crippen LogP contribution in [0.15, 0.2) is 0 Å². The quantitative estimate of drug-likeness (QED) is 0.504. The van der Waals surface area contributed by atoms with Crippen LogP contribution in [-0.2, 0) is 0 Å². The molecular weight excluding hydrogens is 212 g/mol. The summed E-state index contributed by atoms with van der Waals surface area (Å²) in [4.78, 5) is 0. The van der Waals surface area contributed by atoms with Gasteiger partial charge in [0.25, 0.3) is 0 Å². The van der Waals surface area contributed by atoms with Gasteiger partial charge in [-0.05, 0) is 44.1 Å². The molecule has 0 bridgehead atoms. The van der Waals surface area contributed by atoms with Crippen molar-refractivity contribution in [1.82, 2.24) is 0 Å². The van der Waals surface area contributed by atoms with Crippen LogP contribution in [0, 0.1) is 10.8 Å². The first-order valence-electron chi connectivity index (χ1n) is 4.52. The first-order chi connectivity index (χ1) is 6.16. The number of nitrogens with one attached hydrogen (secondary N) is 2. The largest absolute Gasteiger partial charge is 0.310 e. The Morgan fingerprint density at radius 3 is 2.36 bits per heavy atom. The van der Waals surface area contributed by atoms with E-state index in [1.807, 2.05) is 6.92 Å². The molecular formula is C10H22N2S2. The second-order valence-electron chi connectivity index (χ2n) is 2.98. The fraction of sp³-hybridized carbons (Fsp3) is 0.800. The molecule has 0 aromatic rings. The molecule has 0 spiro atoms. The molecule has 2 N–H and O–H groups in total. The highest BCUT2D eigenvalue weighted by Crippen LogP contribution is 2.17. The van der Waals surface area contributed by atoms with Crippen LogP contribution >= 0.6 is 24.4 Å². The summed E-state index contributed by atoms with van der Waals surface area (Å²) in [6, 6.07) is 0. The van der Waals surface area contributed by atoms with Crippen LogP contribution < -0.4 is 0 Å². The lowest BCUT2D eigenvalue weighted by Gasteiger charge is -1.89. The van der Waals surface area contributed by atoms with Gasteiger partial charge >= 0.3 is 0 Å². The van der Waals surface area contributed by atoms with Crippen LogP contribution in [0.4, 0.5) is 0 Å². The standard InChI is InChI=1S/C5H11NS.C4H7NS.CH4/c1-5(6)3-2-4-7;5-4-2-1-3-6-4;/h6-7H,2-4H2,1H3;5H,1-3H2;1H4. The van der Waals surface area contributed by atoms with Crippen LogP contribution in [0.2, 0.25) is 0 Å². The van der Waals surface area contributed by atoms with Crippen molar-refractivity contribution in [2.24, 2.45) is 0 Å². The van der Waals surface area contributed by atoms with Gasteiger partial charge in [-0.15, -0.1) is 11.8 Å². The maximum Gasteiger partial charge on any atom is 0.0641 e. The van der Waals surface area contributed by atoms with Crippen LogP contribution in [0.5, 0.6) is 0 Å². The molecule has 1 aliphatic heterocycles. The third-order valence-corrected chi connectivity index (χ3v) is 2.90. The summed E-state index contributed by atoms with van der Waals surface area (Å²) in [5.41, 5.74) is 0.758. The number of thioether (sulfide) groups is 1. The summed E-state index contributed by atoms with van der Waals surface area (Å²) in [6.45, 7) is 1.82. The zero-order valence-corrected chi connectivity index (χ0v) is 9.81. The number of rotatable bonds is 3. The minimum atomic E-state index is 0. The molecule has 1 aliphatic rings. The first-order valence-corrected chi connectivity index (χ1v) is 6.13. The van der Waals surface area contributed by atoms with Crippen molar-refractivity contribution in [2.75, 3.05) is 11.5 Å². The van der Waals surface area contributed by atoms with Gasteiger partial charge in [-0.25, -0.2) is 0 Å². The molecule has 4 heteroatoms. The highest BCUT2D eigenvalue weighted by Gasteiger charge is 2.04. The zero-order chi connectivity index (χ0) is 10.1. The number of thiol groups is 1. The van der Waals surface area contributed by atoms with Crippen molar-refractivity contribution < 1.29 is 0 Å². The van der Waals surface area contributed by atoms with Crippen LogP contribution in [-0.4, -0.2) is 22.3 Å². The maximum absolute atomic E-state index is 7.01. The Labute approximate surface area is 97.7 Å². The molecule has 0 amide bonds. The molecule has 0 radical (unpaired) electrons. The number of hydrogen-bond acceptors (Lipinski definition) is 4. The predicted octanol–water partition coefficient (Wildman–Crippen LogP) is 3.86. The van der Waals surface area contributed by atoms with Gasteiger partial charge in [0.05, 0.1) is 5.04 Å². The summed E-state index contributed by atoms with van der Waals surface area (Å²) < 4.78 is 0. The van der Waals surface area contributed by atoms with Gasteiger partial charge < -0.3 is 5.41 Å². The molecule has 84 valence electrons. The zero-order valence-electron chi connectivity index (χ0n) is 8.10. The van der Waals surface area contributed by atoms with Gasteiger partial charge in [0.15, 0.2) is 0 Å². The smallest absolute Gasteiger partial charge is 0.0641 e. The van der Waals surface area contributed by atoms with Gasteiger partial charge in [0.2, 0.25) is 0 Å². The molecule has 0 atom stereocenters. The molecule has 1 fully saturated rings. The van der Waals surface area contributed by atoms with E-state index in [2.05, 4.69) is 12.6 Å². The van der Waals surface area contributed by atoms with Gasteiger partial charge in [-0.2, -0.15) is 12.6 Å². The molecule has 0 aliphatic carbocycles. The van der Waals surface area contributed by atoms with Gasteiger partial charge in [-0.1, -0.05) is 7.43 Å². The molecule has 0 aromatic heterocycles. The van der Waals surface area contributed by atoms with Crippen molar-refractivity contribution in [1.29, 1.82) is 10.8 Å². The van der Waals surface area contributed by atoms with Crippen molar-refractivity contribution in [3.63, 3.8) is 0 Å². The first kappa shape index (κ1) is 16.5. The van der Waals surface area contributed by atoms with Crippen molar-refractivity contribution in [2.45, 2.75) is 40.0 Å². The van der Waals surface area contributed by atoms with E-state index in [4.69, 9.17) is 10.8 Å². The third kappa shape index (κ3) is 12.0. The van der Waals surface area contributed by atoms with Crippen LogP contribution in [0.1, 0.15) is 40.0 Å². The van der Waals surface area contributed by atoms with Crippen molar-refractivity contribution >= 4 is 35.1 Å². The Balaban J connectivity index is 0. The van der Waals surface area contributed by atoms with Gasteiger partial charge in [-0.3, -0.25) is 5.41 Å². The van der Waals surface area contributed by atoms with E-state index in [0.29, 0.717) is 0 Å². The summed E-state index contributed by atoms with van der Waals surface area (Å²) in [5.74, 6) is 2.08. The predicted molar refractivity (Wildman–Crippen MR) is 72.6 cm³/mol. The van der Waals surface area contributed by atoms with Gasteiger partial charge in [0, 0.05) is 5.71 Å². The Morgan fingerprint density at radius 2 is 2.21 bits per heavy atom. The fourth-order valence-corrected chi connectivity index (χ4v) is 1.83. The second-order valence-corrected chi connectivity index (χ2v) is 4.62. The van der Waals surface area contributed by atoms with E-state index in [1.54, 1.807) is 11.8 Å². The molecule has 2 nitrogen and oxygen atoms in total. The lowest BCUT2D eigenvalue weighted by Crippen LogP contribution is -1.87. The Kier molecular flexibility index (Phi) is 13.1. The van der Waals surface area contributed by atoms with Crippen molar-refractivity contribution in [3.05, 3.63) is 0 Å². The minimum Gasteiger partial charge on any atom is -0.310 e. The van der Waals surface area contributed by atoms with E-state index in [9.17, 15) is 0 Å². The van der Waals surface area contributed by atoms with Crippen LogP contribution in [0.3, 0.4) is 0 Å². The molecule has 0 aromatic carbocycles. The Bertz CT molecular complexity index is 162. The lowest BCUT2D eigenvalue weighted by atomic mass is 10.2. The summed E-state index contributed by atoms with van der Waals surface area (Å²) >= 11 is 5.68. The molecule has 1 saturated heterocycles. The van der Waals surface area contributed by atoms with Crippen LogP contribution in [0.25, 0.3) is 0 Å². The summed E-state index contributed by atoms with van der Waals surface area (Å²) in [7, 11) is 0. The number of hydrogen-bond donors (Lipinski definition) is 3. The Hall–Kier alpha value is 0.0400. The highest BCUT2D eigenvalue weighted by molar-refractivity contribution is 8.14. The van der Waals surface area contributed by atoms with E-state index >= 15 is 0 Å². The minimum absolute atomic E-state index is 0. The van der Waals surface area contributed by atoms with Gasteiger partial charge in [0.1, 0.15) is 0 Å². The van der Waals surface area contributed by atoms with Crippen molar-refractivity contribution in [3.8, 4) is 0 Å². The van der Waals surface area contributed by atoms with E-state index in [-0.39, 0.29) is 7.43 Å². The van der Waals surface area contributed by atoms with E-state index < -0.39 is 0 Å². The monoisotopic (exact) mass is 234 g/mol. The molecule has 14 heavy (non-hydrogen) atoms. The molecule has 1 rings (SSSR count). The van der Waals surface area contributed by atoms with E-state index in [1.165, 1.54) is 12.2 Å². The fourth-order valence-electron chi connectivity index (χ4n) is 0.844. The third-order valence-electron chi connectivity index (χ3n) is 1.53. The highest BCUT2D eigenvalue weighted by atomic mass is 32.2. The SMILES string of the molecule is C.CC(=N)CCCS.N=C1CCCS1. The second kappa shape index (κ2) is 11.1. The maximum atomic E-state index is 7.01. The molecule has 1 heterocycles. The average Bonchev–Trinajstić information content (AvgIpc) is 2.53. The normalized spacial score (nSPS) is 14.0.